The first-order chi connectivity index (χ1) is 9.60. The van der Waals surface area contributed by atoms with Gasteiger partial charge in [-0.05, 0) is 20.9 Å². The molecular weight excluding hydrogens is 285 g/mol. The van der Waals surface area contributed by atoms with Gasteiger partial charge in [-0.1, -0.05) is 0 Å². The Hall–Kier alpha value is -0.860. The molecule has 0 aliphatic carbocycles. The molecule has 0 aromatic rings. The summed E-state index contributed by atoms with van der Waals surface area (Å²) in [7, 11) is 2.07. The lowest BCUT2D eigenvalue weighted by atomic mass is 10.0. The maximum Gasteiger partial charge on any atom is 0.401 e. The molecule has 8 heteroatoms. The van der Waals surface area contributed by atoms with Gasteiger partial charge in [0.1, 0.15) is 0 Å². The van der Waals surface area contributed by atoms with Gasteiger partial charge in [0.2, 0.25) is 5.91 Å². The Bertz CT molecular complexity index is 339. The van der Waals surface area contributed by atoms with Crippen LogP contribution < -0.4 is 10.6 Å². The number of alkyl halides is 3. The van der Waals surface area contributed by atoms with Crippen LogP contribution in [-0.4, -0.2) is 80.3 Å². The molecule has 1 amide bonds. The Morgan fingerprint density at radius 2 is 1.67 bits per heavy atom. The molecule has 5 nitrogen and oxygen atoms in total. The highest BCUT2D eigenvalue weighted by Crippen LogP contribution is 2.15. The zero-order valence-corrected chi connectivity index (χ0v) is 12.9. The number of piperazine rings is 1. The molecule has 1 saturated heterocycles. The smallest absolute Gasteiger partial charge is 0.353 e. The van der Waals surface area contributed by atoms with E-state index in [2.05, 4.69) is 27.5 Å². The predicted molar refractivity (Wildman–Crippen MR) is 75.1 cm³/mol. The fourth-order valence-corrected chi connectivity index (χ4v) is 2.22. The van der Waals surface area contributed by atoms with E-state index >= 15 is 0 Å². The monoisotopic (exact) mass is 310 g/mol. The minimum Gasteiger partial charge on any atom is -0.353 e. The second-order valence-electron chi connectivity index (χ2n) is 6.10. The van der Waals surface area contributed by atoms with Gasteiger partial charge in [-0.15, -0.1) is 0 Å². The van der Waals surface area contributed by atoms with Crippen molar-refractivity contribution in [1.29, 1.82) is 0 Å². The highest BCUT2D eigenvalue weighted by Gasteiger charge is 2.30. The average Bonchev–Trinajstić information content (AvgIpc) is 2.35. The number of carbonyl (C=O) groups excluding carboxylic acids is 1. The number of nitrogens with one attached hydrogen (secondary N) is 2. The van der Waals surface area contributed by atoms with Gasteiger partial charge in [-0.2, -0.15) is 13.2 Å². The first-order valence-electron chi connectivity index (χ1n) is 7.08. The van der Waals surface area contributed by atoms with Crippen molar-refractivity contribution in [3.05, 3.63) is 0 Å². The van der Waals surface area contributed by atoms with Gasteiger partial charge >= 0.3 is 6.18 Å². The minimum atomic E-state index is -4.29. The summed E-state index contributed by atoms with van der Waals surface area (Å²) < 4.78 is 35.9. The van der Waals surface area contributed by atoms with E-state index in [1.165, 1.54) is 0 Å². The Morgan fingerprint density at radius 3 is 2.19 bits per heavy atom. The summed E-state index contributed by atoms with van der Waals surface area (Å²) in [6.45, 7) is 6.81. The zero-order valence-electron chi connectivity index (χ0n) is 12.9. The molecule has 1 fully saturated rings. The van der Waals surface area contributed by atoms with Crippen LogP contribution in [0.2, 0.25) is 0 Å². The molecule has 1 heterocycles. The number of likely N-dealkylation sites (N-methyl/N-ethyl adjacent to an activating group) is 1. The molecular formula is C13H25F3N4O. The minimum absolute atomic E-state index is 0.207. The van der Waals surface area contributed by atoms with Gasteiger partial charge in [-0.3, -0.25) is 9.69 Å². The normalized spacial score (nSPS) is 18.8. The predicted octanol–water partition coefficient (Wildman–Crippen LogP) is 0.281. The number of rotatable bonds is 6. The maximum atomic E-state index is 12.0. The number of nitrogens with zero attached hydrogens (tertiary/aromatic N) is 2. The maximum absolute atomic E-state index is 12.0. The molecule has 0 bridgehead atoms. The Labute approximate surface area is 123 Å². The van der Waals surface area contributed by atoms with Crippen LogP contribution in [0.5, 0.6) is 0 Å². The van der Waals surface area contributed by atoms with Crippen LogP contribution in [0.4, 0.5) is 13.2 Å². The highest BCUT2D eigenvalue weighted by atomic mass is 19.4. The molecule has 21 heavy (non-hydrogen) atoms. The van der Waals surface area contributed by atoms with E-state index < -0.39 is 18.6 Å². The summed E-state index contributed by atoms with van der Waals surface area (Å²) in [6.07, 6.45) is -4.29. The highest BCUT2D eigenvalue weighted by molar-refractivity contribution is 5.78. The molecule has 2 N–H and O–H groups in total. The fourth-order valence-electron chi connectivity index (χ4n) is 2.22. The standard InChI is InChI=1S/C13H25F3N4O/c1-12(2,20-6-4-19(3)5-7-20)9-18-11(21)8-17-10-13(14,15)16/h17H,4-10H2,1-3H3,(H,18,21). The average molecular weight is 310 g/mol. The van der Waals surface area contributed by atoms with Gasteiger partial charge in [0, 0.05) is 38.3 Å². The van der Waals surface area contributed by atoms with Crippen molar-refractivity contribution >= 4 is 5.91 Å². The molecule has 0 unspecified atom stereocenters. The summed E-state index contributed by atoms with van der Waals surface area (Å²) in [5, 5.41) is 4.78. The SMILES string of the molecule is CN1CCN(C(C)(C)CNC(=O)CNCC(F)(F)F)CC1. The number of amides is 1. The van der Waals surface area contributed by atoms with Crippen LogP contribution in [0.15, 0.2) is 0 Å². The second kappa shape index (κ2) is 7.42. The lowest BCUT2D eigenvalue weighted by Gasteiger charge is -2.43. The molecule has 0 saturated carbocycles. The molecule has 0 atom stereocenters. The molecule has 0 aromatic heterocycles. The van der Waals surface area contributed by atoms with Crippen molar-refractivity contribution in [3.63, 3.8) is 0 Å². The van der Waals surface area contributed by atoms with Gasteiger partial charge in [-0.25, -0.2) is 0 Å². The number of halogens is 3. The third kappa shape index (κ3) is 7.10. The number of hydrogen-bond acceptors (Lipinski definition) is 4. The van der Waals surface area contributed by atoms with E-state index in [-0.39, 0.29) is 12.1 Å². The van der Waals surface area contributed by atoms with Gasteiger partial charge in [0.15, 0.2) is 0 Å². The van der Waals surface area contributed by atoms with E-state index in [1.54, 1.807) is 0 Å². The van der Waals surface area contributed by atoms with Gasteiger partial charge in [0.25, 0.3) is 0 Å². The summed E-state index contributed by atoms with van der Waals surface area (Å²) in [5.41, 5.74) is -0.207. The van der Waals surface area contributed by atoms with Crippen LogP contribution in [0.25, 0.3) is 0 Å². The van der Waals surface area contributed by atoms with Crippen molar-refractivity contribution < 1.29 is 18.0 Å². The van der Waals surface area contributed by atoms with E-state index in [4.69, 9.17) is 0 Å². The molecule has 1 rings (SSSR count). The summed E-state index contributed by atoms with van der Waals surface area (Å²) in [5.74, 6) is -0.415. The third-order valence-electron chi connectivity index (χ3n) is 3.69. The number of carbonyl (C=O) groups is 1. The Balaban J connectivity index is 2.27. The van der Waals surface area contributed by atoms with Crippen molar-refractivity contribution in [2.75, 3.05) is 52.9 Å². The lowest BCUT2D eigenvalue weighted by Crippen LogP contribution is -2.58. The van der Waals surface area contributed by atoms with E-state index in [1.807, 2.05) is 13.8 Å². The zero-order chi connectivity index (χ0) is 16.1. The van der Waals surface area contributed by atoms with Crippen molar-refractivity contribution in [2.24, 2.45) is 0 Å². The van der Waals surface area contributed by atoms with Crippen LogP contribution in [-0.2, 0) is 4.79 Å². The lowest BCUT2D eigenvalue weighted by molar-refractivity contribution is -0.128. The van der Waals surface area contributed by atoms with Gasteiger partial charge in [0.05, 0.1) is 13.1 Å². The first-order valence-corrected chi connectivity index (χ1v) is 7.08. The molecule has 0 aromatic carbocycles. The Morgan fingerprint density at radius 1 is 1.10 bits per heavy atom. The van der Waals surface area contributed by atoms with Crippen LogP contribution >= 0.6 is 0 Å². The molecule has 0 radical (unpaired) electrons. The van der Waals surface area contributed by atoms with Crippen LogP contribution in [0.3, 0.4) is 0 Å². The Kier molecular flexibility index (Phi) is 6.42. The molecule has 0 spiro atoms. The quantitative estimate of drug-likeness (QED) is 0.740. The topological polar surface area (TPSA) is 47.6 Å². The fraction of sp³-hybridized carbons (Fsp3) is 0.923. The molecule has 124 valence electrons. The van der Waals surface area contributed by atoms with Gasteiger partial charge < -0.3 is 15.5 Å². The second-order valence-corrected chi connectivity index (χ2v) is 6.10. The summed E-state index contributed by atoms with van der Waals surface area (Å²) >= 11 is 0. The largest absolute Gasteiger partial charge is 0.401 e. The van der Waals surface area contributed by atoms with E-state index in [9.17, 15) is 18.0 Å². The van der Waals surface area contributed by atoms with Crippen LogP contribution in [0.1, 0.15) is 13.8 Å². The van der Waals surface area contributed by atoms with E-state index in [0.717, 1.165) is 26.2 Å². The number of hydrogen-bond donors (Lipinski definition) is 2. The van der Waals surface area contributed by atoms with Crippen molar-refractivity contribution in [2.45, 2.75) is 25.6 Å². The summed E-state index contributed by atoms with van der Waals surface area (Å²) in [6, 6.07) is 0. The van der Waals surface area contributed by atoms with E-state index in [0.29, 0.717) is 6.54 Å². The van der Waals surface area contributed by atoms with Crippen molar-refractivity contribution in [3.8, 4) is 0 Å². The first kappa shape index (κ1) is 18.2. The molecule has 1 aliphatic rings. The molecule has 1 aliphatic heterocycles. The summed E-state index contributed by atoms with van der Waals surface area (Å²) in [4.78, 5) is 16.1. The van der Waals surface area contributed by atoms with Crippen LogP contribution in [0, 0.1) is 0 Å². The van der Waals surface area contributed by atoms with Crippen molar-refractivity contribution in [1.82, 2.24) is 20.4 Å². The third-order valence-corrected chi connectivity index (χ3v) is 3.69.